The molecular weight excluding hydrogens is 344 g/mol. The Kier molecular flexibility index (Phi) is 4.28. The summed E-state index contributed by atoms with van der Waals surface area (Å²) in [7, 11) is 0. The Hall–Kier alpha value is -1.22. The molecule has 1 aromatic carbocycles. The lowest BCUT2D eigenvalue weighted by Crippen LogP contribution is -2.32. The van der Waals surface area contributed by atoms with Crippen molar-refractivity contribution in [3.05, 3.63) is 26.7 Å². The van der Waals surface area contributed by atoms with Gasteiger partial charge in [0.1, 0.15) is 11.4 Å². The summed E-state index contributed by atoms with van der Waals surface area (Å²) >= 11 is 7.40. The number of alkyl halides is 4. The number of benzene rings is 1. The second-order valence-electron chi connectivity index (χ2n) is 3.06. The van der Waals surface area contributed by atoms with E-state index >= 15 is 0 Å². The first-order chi connectivity index (χ1) is 8.15. The number of rotatable bonds is 4. The lowest BCUT2D eigenvalue weighted by Gasteiger charge is -2.18. The van der Waals surface area contributed by atoms with Crippen molar-refractivity contribution in [1.29, 1.82) is 0 Å². The summed E-state index contributed by atoms with van der Waals surface area (Å²) in [6, 6.07) is 1.64. The number of nitrogen functional groups attached to an aromatic ring is 1. The van der Waals surface area contributed by atoms with E-state index in [4.69, 9.17) is 5.73 Å². The molecule has 0 fully saturated rings. The molecule has 0 bridgehead atoms. The van der Waals surface area contributed by atoms with Crippen LogP contribution in [0.2, 0.25) is 0 Å². The third-order valence-electron chi connectivity index (χ3n) is 1.78. The van der Waals surface area contributed by atoms with Crippen LogP contribution in [0.4, 0.5) is 24.5 Å². The first-order valence-corrected chi connectivity index (χ1v) is 5.46. The Morgan fingerprint density at radius 2 is 2.11 bits per heavy atom. The van der Waals surface area contributed by atoms with Gasteiger partial charge in [-0.3, -0.25) is 10.1 Å². The second kappa shape index (κ2) is 5.19. The zero-order valence-electron chi connectivity index (χ0n) is 8.37. The zero-order chi connectivity index (χ0) is 14.1. The monoisotopic (exact) mass is 348 g/mol. The van der Waals surface area contributed by atoms with E-state index in [9.17, 15) is 23.3 Å². The van der Waals surface area contributed by atoms with E-state index in [2.05, 4.69) is 32.3 Å². The van der Waals surface area contributed by atoms with Gasteiger partial charge in [-0.1, -0.05) is 11.6 Å². The fraction of sp³-hybridized carbons (Fsp3) is 0.250. The number of ether oxygens (including phenoxy) is 1. The van der Waals surface area contributed by atoms with Crippen molar-refractivity contribution < 1.29 is 22.8 Å². The van der Waals surface area contributed by atoms with Crippen LogP contribution in [-0.4, -0.2) is 16.7 Å². The van der Waals surface area contributed by atoms with Gasteiger partial charge in [-0.2, -0.15) is 8.78 Å². The van der Waals surface area contributed by atoms with Crippen molar-refractivity contribution in [2.45, 2.75) is 11.7 Å². The summed E-state index contributed by atoms with van der Waals surface area (Å²) in [6.45, 7) is 0. The average molecular weight is 349 g/mol. The predicted molar refractivity (Wildman–Crippen MR) is 61.5 cm³/mol. The fourth-order valence-electron chi connectivity index (χ4n) is 0.986. The van der Waals surface area contributed by atoms with Gasteiger partial charge in [0.05, 0.1) is 15.5 Å². The van der Waals surface area contributed by atoms with Gasteiger partial charge in [-0.25, -0.2) is 4.39 Å². The molecule has 10 heteroatoms. The van der Waals surface area contributed by atoms with E-state index in [1.165, 1.54) is 0 Å². The van der Waals surface area contributed by atoms with Crippen LogP contribution in [0.15, 0.2) is 16.6 Å². The van der Waals surface area contributed by atoms with E-state index in [0.717, 1.165) is 6.07 Å². The highest BCUT2D eigenvalue weighted by Crippen LogP contribution is 2.38. The standard InChI is InChI=1S/C8H5BrClF3N2O3/c9-3-1-4(14)5(15(16)17)2-6(3)18-8(12,13)7(10)11/h1-2,7H,14H2. The summed E-state index contributed by atoms with van der Waals surface area (Å²) < 4.78 is 42.0. The smallest absolute Gasteiger partial charge is 0.428 e. The van der Waals surface area contributed by atoms with E-state index in [1.54, 1.807) is 0 Å². The maximum absolute atomic E-state index is 12.9. The molecule has 0 heterocycles. The third kappa shape index (κ3) is 3.16. The highest BCUT2D eigenvalue weighted by atomic mass is 79.9. The van der Waals surface area contributed by atoms with Crippen LogP contribution in [-0.2, 0) is 0 Å². The van der Waals surface area contributed by atoms with Gasteiger partial charge in [-0.05, 0) is 22.0 Å². The van der Waals surface area contributed by atoms with Gasteiger partial charge in [0.25, 0.3) is 11.3 Å². The summed E-state index contributed by atoms with van der Waals surface area (Å²) in [4.78, 5) is 9.66. The Balaban J connectivity index is 3.18. The van der Waals surface area contributed by atoms with E-state index in [0.29, 0.717) is 6.07 Å². The minimum atomic E-state index is -4.33. The molecule has 100 valence electrons. The summed E-state index contributed by atoms with van der Waals surface area (Å²) in [5, 5.41) is 10.6. The van der Waals surface area contributed by atoms with Crippen molar-refractivity contribution in [2.75, 3.05) is 5.73 Å². The van der Waals surface area contributed by atoms with Gasteiger partial charge < -0.3 is 10.5 Å². The van der Waals surface area contributed by atoms with Crippen LogP contribution in [0.1, 0.15) is 0 Å². The molecule has 0 aliphatic rings. The summed E-state index contributed by atoms with van der Waals surface area (Å²) in [5.74, 6) is -0.649. The second-order valence-corrected chi connectivity index (χ2v) is 4.30. The fourth-order valence-corrected chi connectivity index (χ4v) is 1.47. The minimum absolute atomic E-state index is 0.0948. The van der Waals surface area contributed by atoms with Crippen LogP contribution >= 0.6 is 27.5 Å². The SMILES string of the molecule is Nc1cc(Br)c(OC(F)(F)C(F)Cl)cc1[N+](=O)[O-]. The average Bonchev–Trinajstić information content (AvgIpc) is 2.21. The van der Waals surface area contributed by atoms with Crippen LogP contribution < -0.4 is 10.5 Å². The van der Waals surface area contributed by atoms with Crippen LogP contribution in [0.3, 0.4) is 0 Å². The molecule has 2 N–H and O–H groups in total. The van der Waals surface area contributed by atoms with E-state index in [-0.39, 0.29) is 10.2 Å². The molecule has 0 aromatic heterocycles. The van der Waals surface area contributed by atoms with Crippen LogP contribution in [0.25, 0.3) is 0 Å². The van der Waals surface area contributed by atoms with Gasteiger partial charge in [0.2, 0.25) is 0 Å². The molecule has 1 aromatic rings. The van der Waals surface area contributed by atoms with Crippen molar-refractivity contribution in [3.63, 3.8) is 0 Å². The molecule has 0 aliphatic heterocycles. The first-order valence-electron chi connectivity index (χ1n) is 4.23. The van der Waals surface area contributed by atoms with Crippen molar-refractivity contribution in [3.8, 4) is 5.75 Å². The molecule has 0 saturated heterocycles. The highest BCUT2D eigenvalue weighted by molar-refractivity contribution is 9.10. The largest absolute Gasteiger partial charge is 0.444 e. The van der Waals surface area contributed by atoms with E-state index < -0.39 is 28.1 Å². The molecule has 0 saturated carbocycles. The lowest BCUT2D eigenvalue weighted by atomic mass is 10.2. The maximum atomic E-state index is 12.9. The number of halogens is 5. The van der Waals surface area contributed by atoms with Gasteiger partial charge in [-0.15, -0.1) is 0 Å². The topological polar surface area (TPSA) is 78.4 Å². The highest BCUT2D eigenvalue weighted by Gasteiger charge is 2.42. The summed E-state index contributed by atoms with van der Waals surface area (Å²) in [5.41, 5.74) is 1.30. The Bertz CT molecular complexity index is 487. The Morgan fingerprint density at radius 1 is 1.56 bits per heavy atom. The molecule has 0 aliphatic carbocycles. The normalized spacial score (nSPS) is 13.2. The number of anilines is 1. The first kappa shape index (κ1) is 14.8. The molecule has 1 atom stereocenters. The number of hydrogen-bond acceptors (Lipinski definition) is 4. The Labute approximate surface area is 112 Å². The molecule has 5 nitrogen and oxygen atoms in total. The molecule has 1 rings (SSSR count). The third-order valence-corrected chi connectivity index (χ3v) is 2.65. The summed E-state index contributed by atoms with van der Waals surface area (Å²) in [6.07, 6.45) is -4.33. The number of nitrogens with zero attached hydrogens (tertiary/aromatic N) is 1. The Morgan fingerprint density at radius 3 is 2.56 bits per heavy atom. The number of nitrogens with two attached hydrogens (primary N) is 1. The van der Waals surface area contributed by atoms with Crippen molar-refractivity contribution in [2.24, 2.45) is 0 Å². The number of nitro benzene ring substituents is 1. The number of nitro groups is 1. The van der Waals surface area contributed by atoms with Gasteiger partial charge in [0, 0.05) is 0 Å². The van der Waals surface area contributed by atoms with Crippen LogP contribution in [0, 0.1) is 10.1 Å². The molecule has 18 heavy (non-hydrogen) atoms. The molecule has 0 radical (unpaired) electrons. The molecule has 0 amide bonds. The molecule has 1 unspecified atom stereocenters. The maximum Gasteiger partial charge on any atom is 0.444 e. The van der Waals surface area contributed by atoms with Crippen molar-refractivity contribution in [1.82, 2.24) is 0 Å². The van der Waals surface area contributed by atoms with E-state index in [1.807, 2.05) is 0 Å². The minimum Gasteiger partial charge on any atom is -0.428 e. The van der Waals surface area contributed by atoms with Crippen LogP contribution in [0.5, 0.6) is 5.75 Å². The van der Waals surface area contributed by atoms with Crippen molar-refractivity contribution >= 4 is 38.9 Å². The quantitative estimate of drug-likeness (QED) is 0.391. The zero-order valence-corrected chi connectivity index (χ0v) is 10.7. The molecular formula is C8H5BrClF3N2O3. The van der Waals surface area contributed by atoms with Gasteiger partial charge in [0.15, 0.2) is 0 Å². The lowest BCUT2D eigenvalue weighted by molar-refractivity contribution is -0.384. The van der Waals surface area contributed by atoms with Gasteiger partial charge >= 0.3 is 6.11 Å². The number of hydrogen-bond donors (Lipinski definition) is 1. The molecule has 0 spiro atoms. The predicted octanol–water partition coefficient (Wildman–Crippen LogP) is 3.45.